The molecule has 0 aromatic heterocycles. The third kappa shape index (κ3) is 4.93. The van der Waals surface area contributed by atoms with Gasteiger partial charge in [-0.2, -0.15) is 0 Å². The predicted octanol–water partition coefficient (Wildman–Crippen LogP) is 3.67. The maximum Gasteiger partial charge on any atom is 0.331 e. The minimum absolute atomic E-state index is 0.00100. The van der Waals surface area contributed by atoms with Crippen LogP contribution in [-0.2, 0) is 16.2 Å². The van der Waals surface area contributed by atoms with E-state index < -0.39 is 17.8 Å². The number of hydrogen-bond acceptors (Lipinski definition) is 5. The minimum Gasteiger partial charge on any atom is -0.493 e. The summed E-state index contributed by atoms with van der Waals surface area (Å²) in [7, 11) is 1.45. The van der Waals surface area contributed by atoms with E-state index in [1.54, 1.807) is 30.3 Å². The van der Waals surface area contributed by atoms with E-state index in [1.165, 1.54) is 25.3 Å². The van der Waals surface area contributed by atoms with Gasteiger partial charge in [-0.1, -0.05) is 24.3 Å². The maximum absolute atomic E-state index is 13.9. The van der Waals surface area contributed by atoms with Crippen molar-refractivity contribution in [2.75, 3.05) is 13.7 Å². The minimum atomic E-state index is -0.795. The fraction of sp³-hybridized carbons (Fsp3) is 0.136. The molecule has 7 nitrogen and oxygen atoms in total. The van der Waals surface area contributed by atoms with Crippen molar-refractivity contribution in [3.8, 4) is 11.5 Å². The quantitative estimate of drug-likeness (QED) is 0.253. The van der Waals surface area contributed by atoms with Crippen LogP contribution in [0.25, 0.3) is 6.08 Å². The van der Waals surface area contributed by atoms with Gasteiger partial charge in [-0.25, -0.2) is 9.18 Å². The smallest absolute Gasteiger partial charge is 0.331 e. The zero-order chi connectivity index (χ0) is 22.5. The number of carbonyl (C=O) groups is 3. The molecule has 1 saturated heterocycles. The Morgan fingerprint density at radius 1 is 1.23 bits per heavy atom. The average molecular weight is 536 g/mol. The van der Waals surface area contributed by atoms with Gasteiger partial charge in [0.1, 0.15) is 18.0 Å². The number of benzene rings is 2. The molecular weight excluding hydrogens is 518 g/mol. The Labute approximate surface area is 191 Å². The number of hydrogen-bond donors (Lipinski definition) is 1. The summed E-state index contributed by atoms with van der Waals surface area (Å²) in [6, 6.07) is 8.75. The summed E-state index contributed by atoms with van der Waals surface area (Å²) in [5.74, 6) is -1.14. The van der Waals surface area contributed by atoms with Gasteiger partial charge in [0.15, 0.2) is 11.5 Å². The van der Waals surface area contributed by atoms with Gasteiger partial charge in [0.05, 0.1) is 10.7 Å². The van der Waals surface area contributed by atoms with E-state index in [0.29, 0.717) is 26.2 Å². The zero-order valence-corrected chi connectivity index (χ0v) is 18.6. The second-order valence-corrected chi connectivity index (χ2v) is 7.60. The number of amides is 4. The molecule has 160 valence electrons. The lowest BCUT2D eigenvalue weighted by molar-refractivity contribution is -0.129. The molecule has 1 aliphatic rings. The standard InChI is InChI=1S/C22H18FIN2O5/c1-3-8-26-21(28)15(20(27)25-22(26)29)9-13-10-17(24)19(18(11-13)30-2)31-12-14-6-4-5-7-16(14)23/h3-7,9-11H,1,8,12H2,2H3,(H,25,27,29)/b15-9-. The largest absolute Gasteiger partial charge is 0.493 e. The Morgan fingerprint density at radius 2 is 1.97 bits per heavy atom. The molecule has 0 atom stereocenters. The number of methoxy groups -OCH3 is 1. The third-order valence-corrected chi connectivity index (χ3v) is 5.19. The van der Waals surface area contributed by atoms with Gasteiger partial charge in [-0.05, 0) is 52.4 Å². The highest BCUT2D eigenvalue weighted by atomic mass is 127. The average Bonchev–Trinajstić information content (AvgIpc) is 2.74. The first-order valence-electron chi connectivity index (χ1n) is 9.09. The van der Waals surface area contributed by atoms with Crippen LogP contribution in [0.3, 0.4) is 0 Å². The molecule has 0 aliphatic carbocycles. The van der Waals surface area contributed by atoms with E-state index in [-0.39, 0.29) is 24.5 Å². The van der Waals surface area contributed by atoms with Crippen LogP contribution in [0.15, 0.2) is 54.6 Å². The molecule has 1 N–H and O–H groups in total. The van der Waals surface area contributed by atoms with Crippen molar-refractivity contribution >= 4 is 46.5 Å². The van der Waals surface area contributed by atoms with E-state index >= 15 is 0 Å². The van der Waals surface area contributed by atoms with Crippen molar-refractivity contribution in [2.24, 2.45) is 0 Å². The van der Waals surface area contributed by atoms with Gasteiger partial charge in [-0.15, -0.1) is 6.58 Å². The number of urea groups is 1. The molecule has 2 aromatic rings. The van der Waals surface area contributed by atoms with E-state index in [1.807, 2.05) is 22.6 Å². The van der Waals surface area contributed by atoms with Crippen molar-refractivity contribution < 1.29 is 28.2 Å². The normalized spacial score (nSPS) is 15.1. The van der Waals surface area contributed by atoms with Crippen molar-refractivity contribution in [1.29, 1.82) is 0 Å². The van der Waals surface area contributed by atoms with Crippen molar-refractivity contribution in [3.05, 3.63) is 75.1 Å². The van der Waals surface area contributed by atoms with Gasteiger partial charge in [0, 0.05) is 12.1 Å². The van der Waals surface area contributed by atoms with Crippen LogP contribution >= 0.6 is 22.6 Å². The summed E-state index contributed by atoms with van der Waals surface area (Å²) in [6.07, 6.45) is 2.75. The Hall–Kier alpha value is -3.21. The second kappa shape index (κ2) is 9.73. The number of nitrogens with zero attached hydrogens (tertiary/aromatic N) is 1. The second-order valence-electron chi connectivity index (χ2n) is 6.44. The molecule has 2 aromatic carbocycles. The number of carbonyl (C=O) groups excluding carboxylic acids is 3. The first-order chi connectivity index (χ1) is 14.8. The third-order valence-electron chi connectivity index (χ3n) is 4.39. The number of halogens is 2. The van der Waals surface area contributed by atoms with Gasteiger partial charge in [0.25, 0.3) is 11.8 Å². The number of nitrogens with one attached hydrogen (secondary N) is 1. The summed E-state index contributed by atoms with van der Waals surface area (Å²) in [6.45, 7) is 3.48. The predicted molar refractivity (Wildman–Crippen MR) is 120 cm³/mol. The van der Waals surface area contributed by atoms with E-state index in [9.17, 15) is 18.8 Å². The maximum atomic E-state index is 13.9. The Kier molecular flexibility index (Phi) is 7.06. The highest BCUT2D eigenvalue weighted by molar-refractivity contribution is 14.1. The lowest BCUT2D eigenvalue weighted by atomic mass is 10.1. The molecule has 1 aliphatic heterocycles. The van der Waals surface area contributed by atoms with Gasteiger partial charge < -0.3 is 9.47 Å². The topological polar surface area (TPSA) is 84.9 Å². The highest BCUT2D eigenvalue weighted by Gasteiger charge is 2.35. The number of barbiturate groups is 1. The summed E-state index contributed by atoms with van der Waals surface area (Å²) >= 11 is 2.02. The lowest BCUT2D eigenvalue weighted by Gasteiger charge is -2.25. The van der Waals surface area contributed by atoms with Crippen LogP contribution in [0.5, 0.6) is 11.5 Å². The van der Waals surface area contributed by atoms with Crippen molar-refractivity contribution in [1.82, 2.24) is 10.2 Å². The fourth-order valence-electron chi connectivity index (χ4n) is 2.88. The molecule has 0 radical (unpaired) electrons. The Bertz CT molecular complexity index is 1100. The molecular formula is C22H18FIN2O5. The molecule has 31 heavy (non-hydrogen) atoms. The molecule has 0 unspecified atom stereocenters. The number of ether oxygens (including phenoxy) is 2. The Morgan fingerprint density at radius 3 is 2.65 bits per heavy atom. The van der Waals surface area contributed by atoms with E-state index in [0.717, 1.165) is 4.90 Å². The monoisotopic (exact) mass is 536 g/mol. The molecule has 0 bridgehead atoms. The summed E-state index contributed by atoms with van der Waals surface area (Å²) in [5, 5.41) is 2.13. The van der Waals surface area contributed by atoms with E-state index in [2.05, 4.69) is 11.9 Å². The van der Waals surface area contributed by atoms with Crippen LogP contribution in [0.2, 0.25) is 0 Å². The van der Waals surface area contributed by atoms with Gasteiger partial charge >= 0.3 is 6.03 Å². The number of imide groups is 2. The molecule has 4 amide bonds. The Balaban J connectivity index is 1.91. The lowest BCUT2D eigenvalue weighted by Crippen LogP contribution is -2.54. The summed E-state index contributed by atoms with van der Waals surface area (Å²) in [5.41, 5.74) is 0.688. The number of rotatable bonds is 7. The first-order valence-corrected chi connectivity index (χ1v) is 10.2. The van der Waals surface area contributed by atoms with Crippen molar-refractivity contribution in [2.45, 2.75) is 6.61 Å². The van der Waals surface area contributed by atoms with Gasteiger partial charge in [0.2, 0.25) is 0 Å². The molecule has 9 heteroatoms. The van der Waals surface area contributed by atoms with E-state index in [4.69, 9.17) is 9.47 Å². The SMILES string of the molecule is C=CCN1C(=O)NC(=O)/C(=C/c2cc(I)c(OCc3ccccc3F)c(OC)c2)C1=O. The molecule has 1 heterocycles. The molecule has 0 saturated carbocycles. The molecule has 0 spiro atoms. The van der Waals surface area contributed by atoms with Crippen LogP contribution in [-0.4, -0.2) is 36.4 Å². The van der Waals surface area contributed by atoms with Crippen LogP contribution < -0.4 is 14.8 Å². The summed E-state index contributed by atoms with van der Waals surface area (Å²) < 4.78 is 25.7. The van der Waals surface area contributed by atoms with Crippen LogP contribution in [0.1, 0.15) is 11.1 Å². The van der Waals surface area contributed by atoms with Crippen LogP contribution in [0.4, 0.5) is 9.18 Å². The fourth-order valence-corrected chi connectivity index (χ4v) is 3.67. The summed E-state index contributed by atoms with van der Waals surface area (Å²) in [4.78, 5) is 37.5. The highest BCUT2D eigenvalue weighted by Crippen LogP contribution is 2.35. The van der Waals surface area contributed by atoms with Crippen molar-refractivity contribution in [3.63, 3.8) is 0 Å². The molecule has 1 fully saturated rings. The zero-order valence-electron chi connectivity index (χ0n) is 16.5. The van der Waals surface area contributed by atoms with Gasteiger partial charge in [-0.3, -0.25) is 19.8 Å². The van der Waals surface area contributed by atoms with Crippen LogP contribution in [0, 0.1) is 9.39 Å². The molecule has 3 rings (SSSR count). The first kappa shape index (κ1) is 22.5.